The number of aliphatic hydroxyl groups excluding tert-OH is 3. The zero-order valence-electron chi connectivity index (χ0n) is 18.0. The second-order valence-electron chi connectivity index (χ2n) is 7.79. The number of ether oxygens (including phenoxy) is 3. The number of unbranched alkanes of at least 4 members (excludes halogenated alkanes) is 5. The first kappa shape index (κ1) is 26.5. The van der Waals surface area contributed by atoms with Crippen molar-refractivity contribution in [2.45, 2.75) is 82.3 Å². The van der Waals surface area contributed by atoms with Crippen molar-refractivity contribution in [2.24, 2.45) is 0 Å². The van der Waals surface area contributed by atoms with Crippen LogP contribution in [-0.4, -0.2) is 65.2 Å². The Morgan fingerprint density at radius 3 is 2.25 bits per heavy atom. The lowest BCUT2D eigenvalue weighted by Gasteiger charge is -2.41. The van der Waals surface area contributed by atoms with Crippen LogP contribution < -0.4 is 0 Å². The molecule has 1 aliphatic rings. The highest BCUT2D eigenvalue weighted by molar-refractivity contribution is 5.89. The molecule has 1 saturated heterocycles. The average molecular weight is 464 g/mol. The van der Waals surface area contributed by atoms with Crippen LogP contribution in [0.1, 0.15) is 61.4 Å². The number of esters is 1. The standard InChI is InChI=1S/C22H31F3O7/c1-2-3-4-5-6-7-12-30-21-18(28)17(27)19(16(13-26)31-21)32-20(29)14-8-10-15(11-9-14)22(23,24)25/h8-11,16-19,21,26-28H,2-7,12-13H2,1H3/t16-,17-,18-,19-,21-/m1/s1. The van der Waals surface area contributed by atoms with Gasteiger partial charge in [-0.15, -0.1) is 0 Å². The monoisotopic (exact) mass is 464 g/mol. The minimum atomic E-state index is -4.55. The summed E-state index contributed by atoms with van der Waals surface area (Å²) in [5, 5.41) is 30.3. The van der Waals surface area contributed by atoms with Crippen LogP contribution >= 0.6 is 0 Å². The largest absolute Gasteiger partial charge is 0.453 e. The lowest BCUT2D eigenvalue weighted by atomic mass is 9.99. The molecule has 1 aromatic rings. The number of benzene rings is 1. The van der Waals surface area contributed by atoms with Gasteiger partial charge < -0.3 is 29.5 Å². The lowest BCUT2D eigenvalue weighted by molar-refractivity contribution is -0.300. The molecule has 1 fully saturated rings. The Morgan fingerprint density at radius 1 is 1.03 bits per heavy atom. The van der Waals surface area contributed by atoms with E-state index < -0.39 is 55.0 Å². The highest BCUT2D eigenvalue weighted by Gasteiger charge is 2.47. The third-order valence-corrected chi connectivity index (χ3v) is 5.29. The predicted molar refractivity (Wildman–Crippen MR) is 108 cm³/mol. The molecule has 1 aliphatic heterocycles. The molecule has 0 spiro atoms. The first-order valence-electron chi connectivity index (χ1n) is 10.8. The average Bonchev–Trinajstić information content (AvgIpc) is 2.77. The van der Waals surface area contributed by atoms with E-state index in [1.165, 1.54) is 6.42 Å². The highest BCUT2D eigenvalue weighted by Crippen LogP contribution is 2.30. The van der Waals surface area contributed by atoms with Crippen molar-refractivity contribution < 1.29 is 47.5 Å². The number of rotatable bonds is 11. The second-order valence-corrected chi connectivity index (χ2v) is 7.79. The third-order valence-electron chi connectivity index (χ3n) is 5.29. The summed E-state index contributed by atoms with van der Waals surface area (Å²) in [6, 6.07) is 3.35. The van der Waals surface area contributed by atoms with Crippen LogP contribution in [0.25, 0.3) is 0 Å². The first-order valence-corrected chi connectivity index (χ1v) is 10.8. The van der Waals surface area contributed by atoms with Crippen LogP contribution in [0.5, 0.6) is 0 Å². The van der Waals surface area contributed by atoms with E-state index >= 15 is 0 Å². The molecule has 5 atom stereocenters. The van der Waals surface area contributed by atoms with Crippen molar-refractivity contribution in [3.05, 3.63) is 35.4 Å². The summed E-state index contributed by atoms with van der Waals surface area (Å²) in [4.78, 5) is 12.3. The molecule has 2 rings (SSSR count). The molecule has 0 aliphatic carbocycles. The van der Waals surface area contributed by atoms with Gasteiger partial charge in [-0.1, -0.05) is 39.0 Å². The molecule has 0 saturated carbocycles. The summed E-state index contributed by atoms with van der Waals surface area (Å²) in [7, 11) is 0. The van der Waals surface area contributed by atoms with Crippen molar-refractivity contribution in [1.82, 2.24) is 0 Å². The minimum Gasteiger partial charge on any atom is -0.453 e. The van der Waals surface area contributed by atoms with Gasteiger partial charge in [0, 0.05) is 6.61 Å². The Bertz CT molecular complexity index is 694. The van der Waals surface area contributed by atoms with E-state index in [0.717, 1.165) is 56.4 Å². The molecular formula is C22H31F3O7. The van der Waals surface area contributed by atoms with Crippen molar-refractivity contribution in [3.63, 3.8) is 0 Å². The summed E-state index contributed by atoms with van der Waals surface area (Å²) < 4.78 is 54.1. The molecule has 0 bridgehead atoms. The first-order chi connectivity index (χ1) is 15.2. The Kier molecular flexibility index (Phi) is 10.4. The fraction of sp³-hybridized carbons (Fsp3) is 0.682. The van der Waals surface area contributed by atoms with Crippen LogP contribution in [0.4, 0.5) is 13.2 Å². The molecular weight excluding hydrogens is 433 g/mol. The van der Waals surface area contributed by atoms with Crippen LogP contribution in [0.2, 0.25) is 0 Å². The van der Waals surface area contributed by atoms with Gasteiger partial charge in [0.2, 0.25) is 0 Å². The maximum Gasteiger partial charge on any atom is 0.416 e. The Balaban J connectivity index is 1.91. The Labute approximate surface area is 185 Å². The fourth-order valence-corrected chi connectivity index (χ4v) is 3.40. The zero-order chi connectivity index (χ0) is 23.7. The van der Waals surface area contributed by atoms with Gasteiger partial charge in [-0.3, -0.25) is 0 Å². The summed E-state index contributed by atoms with van der Waals surface area (Å²) in [5.74, 6) is -1.02. The molecule has 10 heteroatoms. The quantitative estimate of drug-likeness (QED) is 0.341. The molecule has 0 radical (unpaired) electrons. The van der Waals surface area contributed by atoms with Gasteiger partial charge in [0.05, 0.1) is 17.7 Å². The maximum atomic E-state index is 12.7. The third kappa shape index (κ3) is 7.41. The maximum absolute atomic E-state index is 12.7. The molecule has 1 heterocycles. The molecule has 7 nitrogen and oxygen atoms in total. The molecule has 1 aromatic carbocycles. The summed E-state index contributed by atoms with van der Waals surface area (Å²) in [5.41, 5.74) is -1.11. The van der Waals surface area contributed by atoms with E-state index in [0.29, 0.717) is 0 Å². The van der Waals surface area contributed by atoms with E-state index in [1.807, 2.05) is 0 Å². The molecule has 3 N–H and O–H groups in total. The van der Waals surface area contributed by atoms with E-state index in [2.05, 4.69) is 6.92 Å². The number of carbonyl (C=O) groups excluding carboxylic acids is 1. The van der Waals surface area contributed by atoms with Crippen molar-refractivity contribution in [3.8, 4) is 0 Å². The van der Waals surface area contributed by atoms with E-state index in [1.54, 1.807) is 0 Å². The normalized spacial score (nSPS) is 26.2. The van der Waals surface area contributed by atoms with Crippen molar-refractivity contribution in [2.75, 3.05) is 13.2 Å². The van der Waals surface area contributed by atoms with Crippen molar-refractivity contribution >= 4 is 5.97 Å². The number of alkyl halides is 3. The van der Waals surface area contributed by atoms with Crippen LogP contribution in [-0.2, 0) is 20.4 Å². The summed E-state index contributed by atoms with van der Waals surface area (Å²) in [6.07, 6.45) is -5.33. The van der Waals surface area contributed by atoms with Gasteiger partial charge in [0.15, 0.2) is 12.4 Å². The molecule has 0 amide bonds. The number of aliphatic hydroxyl groups is 3. The van der Waals surface area contributed by atoms with Gasteiger partial charge in [-0.05, 0) is 30.7 Å². The molecule has 0 aromatic heterocycles. The van der Waals surface area contributed by atoms with Gasteiger partial charge in [0.25, 0.3) is 0 Å². The Hall–Kier alpha value is -1.72. The van der Waals surface area contributed by atoms with Crippen LogP contribution in [0.3, 0.4) is 0 Å². The van der Waals surface area contributed by atoms with Gasteiger partial charge in [-0.2, -0.15) is 13.2 Å². The minimum absolute atomic E-state index is 0.183. The summed E-state index contributed by atoms with van der Waals surface area (Å²) >= 11 is 0. The van der Waals surface area contributed by atoms with Gasteiger partial charge in [0.1, 0.15) is 18.3 Å². The molecule has 0 unspecified atom stereocenters. The van der Waals surface area contributed by atoms with Gasteiger partial charge in [-0.25, -0.2) is 4.79 Å². The van der Waals surface area contributed by atoms with E-state index in [4.69, 9.17) is 14.2 Å². The Morgan fingerprint density at radius 2 is 1.66 bits per heavy atom. The number of carbonyl (C=O) groups is 1. The smallest absolute Gasteiger partial charge is 0.416 e. The van der Waals surface area contributed by atoms with Crippen LogP contribution in [0.15, 0.2) is 24.3 Å². The van der Waals surface area contributed by atoms with Gasteiger partial charge >= 0.3 is 12.1 Å². The topological polar surface area (TPSA) is 105 Å². The lowest BCUT2D eigenvalue weighted by Crippen LogP contribution is -2.60. The second kappa shape index (κ2) is 12.5. The predicted octanol–water partition coefficient (Wildman–Crippen LogP) is 3.05. The van der Waals surface area contributed by atoms with E-state index in [-0.39, 0.29) is 12.2 Å². The van der Waals surface area contributed by atoms with E-state index in [9.17, 15) is 33.3 Å². The number of hydrogen-bond donors (Lipinski definition) is 3. The number of hydrogen-bond acceptors (Lipinski definition) is 7. The zero-order valence-corrected chi connectivity index (χ0v) is 18.0. The summed E-state index contributed by atoms with van der Waals surface area (Å²) in [6.45, 7) is 1.78. The molecule has 182 valence electrons. The molecule has 32 heavy (non-hydrogen) atoms. The fourth-order valence-electron chi connectivity index (χ4n) is 3.40. The number of halogens is 3. The van der Waals surface area contributed by atoms with Crippen LogP contribution in [0, 0.1) is 0 Å². The highest BCUT2D eigenvalue weighted by atomic mass is 19.4. The SMILES string of the molecule is CCCCCCCCO[C@@H]1O[C@H](CO)[C@@H](OC(=O)c2ccc(C(F)(F)F)cc2)[C@H](O)[C@H]1O. The van der Waals surface area contributed by atoms with Crippen molar-refractivity contribution in [1.29, 1.82) is 0 Å².